The van der Waals surface area contributed by atoms with Crippen LogP contribution in [-0.4, -0.2) is 17.4 Å². The van der Waals surface area contributed by atoms with Gasteiger partial charge in [0, 0.05) is 37.2 Å². The second kappa shape index (κ2) is 5.44. The molecule has 108 valence electrons. The number of anilines is 2. The molecule has 0 unspecified atom stereocenters. The van der Waals surface area contributed by atoms with Crippen molar-refractivity contribution in [3.05, 3.63) is 53.3 Å². The average molecular weight is 282 g/mol. The number of nitrogens with one attached hydrogen (secondary N) is 1. The summed E-state index contributed by atoms with van der Waals surface area (Å²) in [6.45, 7) is 4.12. The molecule has 0 spiro atoms. The zero-order chi connectivity index (χ0) is 14.8. The second-order valence-corrected chi connectivity index (χ2v) is 5.14. The minimum absolute atomic E-state index is 0.139. The monoisotopic (exact) mass is 282 g/mol. The van der Waals surface area contributed by atoms with Crippen molar-refractivity contribution in [2.45, 2.75) is 20.0 Å². The van der Waals surface area contributed by atoms with E-state index >= 15 is 0 Å². The number of hydrogen-bond donors (Lipinski definition) is 2. The van der Waals surface area contributed by atoms with Crippen LogP contribution in [0.15, 0.2) is 36.5 Å². The Morgan fingerprint density at radius 3 is 2.90 bits per heavy atom. The van der Waals surface area contributed by atoms with Crippen LogP contribution in [0.3, 0.4) is 0 Å². The maximum atomic E-state index is 11.9. The molecule has 21 heavy (non-hydrogen) atoms. The quantitative estimate of drug-likeness (QED) is 0.844. The lowest BCUT2D eigenvalue weighted by Gasteiger charge is -2.18. The van der Waals surface area contributed by atoms with E-state index in [1.165, 1.54) is 11.1 Å². The van der Waals surface area contributed by atoms with Crippen molar-refractivity contribution in [3.63, 3.8) is 0 Å². The van der Waals surface area contributed by atoms with E-state index in [9.17, 15) is 4.79 Å². The van der Waals surface area contributed by atoms with Gasteiger partial charge in [0.15, 0.2) is 0 Å². The fourth-order valence-electron chi connectivity index (χ4n) is 2.59. The summed E-state index contributed by atoms with van der Waals surface area (Å²) in [5.41, 5.74) is 10.6. The SMILES string of the molecule is CCNC(=O)c1cc(N2Cc3ccc(N)cc3C2)ccn1. The lowest BCUT2D eigenvalue weighted by atomic mass is 10.1. The van der Waals surface area contributed by atoms with Crippen LogP contribution < -0.4 is 16.0 Å². The Kier molecular flexibility index (Phi) is 3.48. The molecule has 3 rings (SSSR count). The van der Waals surface area contributed by atoms with Gasteiger partial charge in [-0.2, -0.15) is 0 Å². The molecule has 0 aliphatic carbocycles. The lowest BCUT2D eigenvalue weighted by molar-refractivity contribution is 0.0951. The molecule has 5 nitrogen and oxygen atoms in total. The number of aromatic nitrogens is 1. The van der Waals surface area contributed by atoms with Gasteiger partial charge in [-0.05, 0) is 42.3 Å². The molecule has 1 aliphatic rings. The number of rotatable bonds is 3. The van der Waals surface area contributed by atoms with Crippen molar-refractivity contribution in [2.75, 3.05) is 17.2 Å². The van der Waals surface area contributed by atoms with Gasteiger partial charge in [0.25, 0.3) is 5.91 Å². The van der Waals surface area contributed by atoms with Gasteiger partial charge in [0.05, 0.1) is 0 Å². The first kappa shape index (κ1) is 13.4. The number of pyridine rings is 1. The van der Waals surface area contributed by atoms with E-state index in [-0.39, 0.29) is 5.91 Å². The van der Waals surface area contributed by atoms with Crippen LogP contribution in [0.2, 0.25) is 0 Å². The molecule has 5 heteroatoms. The highest BCUT2D eigenvalue weighted by molar-refractivity contribution is 5.93. The topological polar surface area (TPSA) is 71.2 Å². The fourth-order valence-corrected chi connectivity index (χ4v) is 2.59. The summed E-state index contributed by atoms with van der Waals surface area (Å²) in [6, 6.07) is 9.77. The Balaban J connectivity index is 1.83. The van der Waals surface area contributed by atoms with Crippen LogP contribution in [0, 0.1) is 0 Å². The molecule has 2 heterocycles. The highest BCUT2D eigenvalue weighted by Gasteiger charge is 2.20. The number of nitrogens with two attached hydrogens (primary N) is 1. The minimum Gasteiger partial charge on any atom is -0.399 e. The predicted octanol–water partition coefficient (Wildman–Crippen LogP) is 1.93. The molecule has 0 saturated carbocycles. The molecule has 0 radical (unpaired) electrons. The van der Waals surface area contributed by atoms with Crippen molar-refractivity contribution in [1.82, 2.24) is 10.3 Å². The number of nitrogens with zero attached hydrogens (tertiary/aromatic N) is 2. The van der Waals surface area contributed by atoms with Gasteiger partial charge in [-0.15, -0.1) is 0 Å². The third kappa shape index (κ3) is 2.67. The standard InChI is InChI=1S/C16H18N4O/c1-2-18-16(21)15-8-14(5-6-19-15)20-9-11-3-4-13(17)7-12(11)10-20/h3-8H,2,9-10,17H2,1H3,(H,18,21). The molecule has 0 atom stereocenters. The maximum Gasteiger partial charge on any atom is 0.269 e. The van der Waals surface area contributed by atoms with Gasteiger partial charge in [-0.3, -0.25) is 9.78 Å². The summed E-state index contributed by atoms with van der Waals surface area (Å²) in [6.07, 6.45) is 1.68. The number of carbonyl (C=O) groups is 1. The number of hydrogen-bond acceptors (Lipinski definition) is 4. The first-order valence-electron chi connectivity index (χ1n) is 7.04. The van der Waals surface area contributed by atoms with E-state index in [0.29, 0.717) is 12.2 Å². The Bertz CT molecular complexity index is 684. The predicted molar refractivity (Wildman–Crippen MR) is 83.0 cm³/mol. The Morgan fingerprint density at radius 1 is 1.29 bits per heavy atom. The van der Waals surface area contributed by atoms with Gasteiger partial charge >= 0.3 is 0 Å². The molecule has 1 aliphatic heterocycles. The minimum atomic E-state index is -0.139. The van der Waals surface area contributed by atoms with E-state index < -0.39 is 0 Å². The van der Waals surface area contributed by atoms with E-state index in [1.54, 1.807) is 6.20 Å². The van der Waals surface area contributed by atoms with E-state index in [0.717, 1.165) is 24.5 Å². The van der Waals surface area contributed by atoms with Crippen LogP contribution >= 0.6 is 0 Å². The zero-order valence-electron chi connectivity index (χ0n) is 12.0. The number of benzene rings is 1. The second-order valence-electron chi connectivity index (χ2n) is 5.14. The highest BCUT2D eigenvalue weighted by atomic mass is 16.1. The molecule has 0 bridgehead atoms. The van der Waals surface area contributed by atoms with Crippen molar-refractivity contribution in [3.8, 4) is 0 Å². The molecular weight excluding hydrogens is 264 g/mol. The van der Waals surface area contributed by atoms with Gasteiger partial charge in [0.2, 0.25) is 0 Å². The smallest absolute Gasteiger partial charge is 0.269 e. The normalized spacial score (nSPS) is 13.1. The third-order valence-corrected chi connectivity index (χ3v) is 3.63. The zero-order valence-corrected chi connectivity index (χ0v) is 12.0. The number of fused-ring (bicyclic) bond motifs is 1. The molecule has 0 saturated heterocycles. The first-order valence-corrected chi connectivity index (χ1v) is 7.04. The van der Waals surface area contributed by atoms with Gasteiger partial charge in [0.1, 0.15) is 5.69 Å². The molecule has 1 amide bonds. The molecule has 2 aromatic rings. The summed E-state index contributed by atoms with van der Waals surface area (Å²) in [5, 5.41) is 2.77. The first-order chi connectivity index (χ1) is 10.2. The molecule has 3 N–H and O–H groups in total. The van der Waals surface area contributed by atoms with Crippen molar-refractivity contribution >= 4 is 17.3 Å². The number of carbonyl (C=O) groups excluding carboxylic acids is 1. The van der Waals surface area contributed by atoms with Gasteiger partial charge in [-0.1, -0.05) is 6.07 Å². The van der Waals surface area contributed by atoms with Crippen LogP contribution in [-0.2, 0) is 13.1 Å². The molecular formula is C16H18N4O. The fraction of sp³-hybridized carbons (Fsp3) is 0.250. The molecule has 1 aromatic carbocycles. The van der Waals surface area contributed by atoms with E-state index in [4.69, 9.17) is 5.73 Å². The van der Waals surface area contributed by atoms with Gasteiger partial charge < -0.3 is 16.0 Å². The summed E-state index contributed by atoms with van der Waals surface area (Å²) >= 11 is 0. The molecule has 0 fully saturated rings. The van der Waals surface area contributed by atoms with Crippen LogP contribution in [0.1, 0.15) is 28.5 Å². The number of amides is 1. The lowest BCUT2D eigenvalue weighted by Crippen LogP contribution is -2.24. The highest BCUT2D eigenvalue weighted by Crippen LogP contribution is 2.29. The van der Waals surface area contributed by atoms with Crippen LogP contribution in [0.25, 0.3) is 0 Å². The summed E-state index contributed by atoms with van der Waals surface area (Å²) in [5.74, 6) is -0.139. The summed E-state index contributed by atoms with van der Waals surface area (Å²) in [4.78, 5) is 18.2. The van der Waals surface area contributed by atoms with Crippen molar-refractivity contribution < 1.29 is 4.79 Å². The summed E-state index contributed by atoms with van der Waals surface area (Å²) < 4.78 is 0. The van der Waals surface area contributed by atoms with Crippen LogP contribution in [0.4, 0.5) is 11.4 Å². The van der Waals surface area contributed by atoms with Crippen molar-refractivity contribution in [1.29, 1.82) is 0 Å². The summed E-state index contributed by atoms with van der Waals surface area (Å²) in [7, 11) is 0. The Labute approximate surface area is 123 Å². The largest absolute Gasteiger partial charge is 0.399 e. The van der Waals surface area contributed by atoms with Crippen LogP contribution in [0.5, 0.6) is 0 Å². The maximum absolute atomic E-state index is 11.9. The van der Waals surface area contributed by atoms with Gasteiger partial charge in [-0.25, -0.2) is 0 Å². The van der Waals surface area contributed by atoms with Crippen molar-refractivity contribution in [2.24, 2.45) is 0 Å². The van der Waals surface area contributed by atoms with E-state index in [2.05, 4.69) is 21.3 Å². The number of nitrogen functional groups attached to an aromatic ring is 1. The van der Waals surface area contributed by atoms with E-state index in [1.807, 2.05) is 31.2 Å². The Morgan fingerprint density at radius 2 is 2.10 bits per heavy atom. The third-order valence-electron chi connectivity index (χ3n) is 3.63. The Hall–Kier alpha value is -2.56. The molecule has 1 aromatic heterocycles. The average Bonchev–Trinajstić information content (AvgIpc) is 2.90.